The third-order valence-corrected chi connectivity index (χ3v) is 10.3. The van der Waals surface area contributed by atoms with Gasteiger partial charge in [-0.3, -0.25) is 24.5 Å². The van der Waals surface area contributed by atoms with Crippen molar-refractivity contribution in [2.45, 2.75) is 84.0 Å². The number of hydrogen-bond donors (Lipinski definition) is 1. The predicted molar refractivity (Wildman–Crippen MR) is 175 cm³/mol. The van der Waals surface area contributed by atoms with Crippen molar-refractivity contribution in [3.63, 3.8) is 0 Å². The Morgan fingerprint density at radius 2 is 1.83 bits per heavy atom. The van der Waals surface area contributed by atoms with Crippen LogP contribution < -0.4 is 9.64 Å². The van der Waals surface area contributed by atoms with Gasteiger partial charge in [-0.25, -0.2) is 0 Å². The van der Waals surface area contributed by atoms with Crippen molar-refractivity contribution in [2.24, 2.45) is 23.2 Å². The number of rotatable bonds is 7. The summed E-state index contributed by atoms with van der Waals surface area (Å²) in [6, 6.07) is 2.92. The molecule has 11 heteroatoms. The minimum atomic E-state index is -0.975. The normalized spacial score (nSPS) is 32.5. The van der Waals surface area contributed by atoms with Gasteiger partial charge in [0.25, 0.3) is 5.69 Å². The smallest absolute Gasteiger partial charge is 0.285 e. The zero-order chi connectivity index (χ0) is 34.6. The Bertz CT molecular complexity index is 1390. The number of aldehydes is 1. The molecule has 0 amide bonds. The lowest BCUT2D eigenvalue weighted by molar-refractivity contribution is -0.385. The minimum absolute atomic E-state index is 0.0106. The number of nitro groups is 1. The number of hydrogen-bond acceptors (Lipinski definition) is 10. The average molecular weight is 643 g/mol. The van der Waals surface area contributed by atoms with Gasteiger partial charge >= 0.3 is 0 Å². The van der Waals surface area contributed by atoms with Gasteiger partial charge in [0, 0.05) is 56.8 Å². The summed E-state index contributed by atoms with van der Waals surface area (Å²) in [6.45, 7) is 10.2. The van der Waals surface area contributed by atoms with Crippen LogP contribution >= 0.6 is 0 Å². The van der Waals surface area contributed by atoms with Crippen LogP contribution in [0.1, 0.15) is 77.1 Å². The summed E-state index contributed by atoms with van der Waals surface area (Å²) in [5.41, 5.74) is -0.0876. The number of nitrogens with zero attached hydrogens (tertiary/aromatic N) is 2. The van der Waals surface area contributed by atoms with Crippen LogP contribution in [-0.4, -0.2) is 80.1 Å². The summed E-state index contributed by atoms with van der Waals surface area (Å²) in [5, 5.41) is 22.4. The number of ether oxygens (including phenoxy) is 3. The number of allylic oxidation sites excluding steroid dienone is 2. The van der Waals surface area contributed by atoms with Crippen LogP contribution in [-0.2, 0) is 19.1 Å². The number of carbonyl (C=O) groups excluding carboxylic acids is 3. The number of nitro benzene ring substituents is 1. The molecular formula is C35H50N2O9. The fourth-order valence-corrected chi connectivity index (χ4v) is 8.25. The highest BCUT2D eigenvalue weighted by molar-refractivity contribution is 6.01. The monoisotopic (exact) mass is 642 g/mol. The summed E-state index contributed by atoms with van der Waals surface area (Å²) >= 11 is 0. The molecule has 46 heavy (non-hydrogen) atoms. The van der Waals surface area contributed by atoms with E-state index in [4.69, 9.17) is 14.2 Å². The quantitative estimate of drug-likeness (QED) is 0.174. The second-order valence-corrected chi connectivity index (χ2v) is 12.3. The molecule has 1 N–H and O–H groups in total. The molecule has 1 aromatic rings. The number of Topliss-reactive ketones (excluding diaryl/α,β-unsaturated/α-hetero) is 1. The van der Waals surface area contributed by atoms with E-state index >= 15 is 0 Å². The van der Waals surface area contributed by atoms with Crippen molar-refractivity contribution < 1.29 is 38.6 Å². The molecule has 254 valence electrons. The average Bonchev–Trinajstić information content (AvgIpc) is 3.67. The van der Waals surface area contributed by atoms with Gasteiger partial charge in [-0.2, -0.15) is 0 Å². The number of epoxide rings is 1. The molecule has 5 unspecified atom stereocenters. The van der Waals surface area contributed by atoms with Crippen LogP contribution in [0, 0.1) is 33.3 Å². The van der Waals surface area contributed by atoms with Crippen LogP contribution in [0.2, 0.25) is 0 Å². The third kappa shape index (κ3) is 6.04. The number of ketones is 2. The molecule has 4 fully saturated rings. The van der Waals surface area contributed by atoms with Crippen LogP contribution in [0.3, 0.4) is 0 Å². The standard InChI is InChI=1S/C21H26O5.C10H12N2O4.2C2H6/c1-19-8-7-13(22)9-12(19)3-4-15-14-5-6-16(17(23)11-25-2)20(14,24)10-18-21(15,19)26-18;1-11(2)7-4-9(12(14)15)8(6-13)10(5-7)16-3;2*1-2/h7-9,14-16,18,24H,3-6,10-11H2,1-2H3;4-6H,1-3H3;2*1-2H3/t14?,15-,16?,18?,19?,20?,21-;;;/m0.../s1. The molecule has 0 radical (unpaired) electrons. The third-order valence-electron chi connectivity index (χ3n) is 10.3. The van der Waals surface area contributed by atoms with Crippen molar-refractivity contribution in [1.29, 1.82) is 0 Å². The van der Waals surface area contributed by atoms with Gasteiger partial charge in [0.05, 0.1) is 23.7 Å². The Kier molecular flexibility index (Phi) is 11.7. The van der Waals surface area contributed by atoms with E-state index in [0.29, 0.717) is 18.4 Å². The number of fused-ring (bicyclic) bond motifs is 3. The molecule has 1 saturated heterocycles. The Hall–Kier alpha value is -3.41. The first kappa shape index (κ1) is 37.1. The van der Waals surface area contributed by atoms with Crippen molar-refractivity contribution in [2.75, 3.05) is 39.8 Å². The van der Waals surface area contributed by atoms with E-state index < -0.39 is 10.5 Å². The summed E-state index contributed by atoms with van der Waals surface area (Å²) in [6.07, 6.45) is 9.74. The SMILES string of the molecule is CC.CC.COCC(=O)C1CCC2[C@@H]3CCC4=CC(=O)C=CC4(C)[C@]34OC4CC12O.COc1cc(N(C)C)cc([N+](=O)[O-])c1C=O. The number of aliphatic hydroxyl groups is 1. The van der Waals surface area contributed by atoms with Crippen molar-refractivity contribution in [3.8, 4) is 5.75 Å². The molecule has 6 rings (SSSR count). The highest BCUT2D eigenvalue weighted by atomic mass is 16.6. The van der Waals surface area contributed by atoms with E-state index in [-0.39, 0.29) is 70.0 Å². The van der Waals surface area contributed by atoms with E-state index in [9.17, 15) is 29.6 Å². The number of anilines is 1. The molecular weight excluding hydrogens is 592 g/mol. The Morgan fingerprint density at radius 3 is 2.39 bits per heavy atom. The molecule has 1 aromatic carbocycles. The van der Waals surface area contributed by atoms with E-state index in [1.807, 2.05) is 33.8 Å². The number of carbonyl (C=O) groups is 3. The molecule has 7 atom stereocenters. The van der Waals surface area contributed by atoms with Crippen molar-refractivity contribution in [3.05, 3.63) is 51.6 Å². The maximum Gasteiger partial charge on any atom is 0.285 e. The van der Waals surface area contributed by atoms with Gasteiger partial charge in [-0.05, 0) is 56.6 Å². The molecule has 4 aliphatic carbocycles. The van der Waals surface area contributed by atoms with Gasteiger partial charge in [0.15, 0.2) is 17.9 Å². The highest BCUT2D eigenvalue weighted by Crippen LogP contribution is 2.73. The Morgan fingerprint density at radius 1 is 1.15 bits per heavy atom. The van der Waals surface area contributed by atoms with E-state index in [2.05, 4.69) is 6.92 Å². The van der Waals surface area contributed by atoms with Gasteiger partial charge in [0.2, 0.25) is 0 Å². The van der Waals surface area contributed by atoms with E-state index in [1.165, 1.54) is 25.9 Å². The second-order valence-electron chi connectivity index (χ2n) is 12.3. The molecule has 1 heterocycles. The van der Waals surface area contributed by atoms with Crippen LogP contribution in [0.25, 0.3) is 0 Å². The number of benzene rings is 1. The second kappa shape index (κ2) is 14.6. The zero-order valence-electron chi connectivity index (χ0n) is 28.6. The van der Waals surface area contributed by atoms with Gasteiger partial charge in [0.1, 0.15) is 23.5 Å². The van der Waals surface area contributed by atoms with Gasteiger partial charge < -0.3 is 24.2 Å². The fraction of sp³-hybridized carbons (Fsp3) is 0.629. The van der Waals surface area contributed by atoms with Crippen LogP contribution in [0.15, 0.2) is 35.9 Å². The largest absolute Gasteiger partial charge is 0.496 e. The lowest BCUT2D eigenvalue weighted by Gasteiger charge is -2.53. The molecule has 1 spiro atoms. The summed E-state index contributed by atoms with van der Waals surface area (Å²) < 4.78 is 16.4. The summed E-state index contributed by atoms with van der Waals surface area (Å²) in [4.78, 5) is 47.1. The van der Waals surface area contributed by atoms with Crippen molar-refractivity contribution in [1.82, 2.24) is 0 Å². The Labute approximate surface area is 272 Å². The topological polar surface area (TPSA) is 149 Å². The molecule has 0 aromatic heterocycles. The van der Waals surface area contributed by atoms with E-state index in [0.717, 1.165) is 25.7 Å². The van der Waals surface area contributed by atoms with Crippen LogP contribution in [0.5, 0.6) is 5.75 Å². The zero-order valence-corrected chi connectivity index (χ0v) is 28.6. The maximum absolute atomic E-state index is 12.5. The first-order chi connectivity index (χ1) is 21.9. The number of methoxy groups -OCH3 is 2. The summed E-state index contributed by atoms with van der Waals surface area (Å²) in [7, 11) is 6.39. The Balaban J connectivity index is 0.000000249. The van der Waals surface area contributed by atoms with Gasteiger partial charge in [-0.15, -0.1) is 0 Å². The molecule has 0 bridgehead atoms. The fourth-order valence-electron chi connectivity index (χ4n) is 8.25. The lowest BCUT2D eigenvalue weighted by atomic mass is 9.49. The lowest BCUT2D eigenvalue weighted by Crippen LogP contribution is -2.60. The molecule has 11 nitrogen and oxygen atoms in total. The first-order valence-electron chi connectivity index (χ1n) is 16.2. The maximum atomic E-state index is 12.5. The molecule has 5 aliphatic rings. The molecule has 3 saturated carbocycles. The summed E-state index contributed by atoms with van der Waals surface area (Å²) in [5.74, 6) is 0.234. The van der Waals surface area contributed by atoms with Crippen LogP contribution in [0.4, 0.5) is 11.4 Å². The predicted octanol–water partition coefficient (Wildman–Crippen LogP) is 5.52. The molecule has 1 aliphatic heterocycles. The highest BCUT2D eigenvalue weighted by Gasteiger charge is 2.79. The first-order valence-corrected chi connectivity index (χ1v) is 16.2. The van der Waals surface area contributed by atoms with Gasteiger partial charge in [-0.1, -0.05) is 39.3 Å². The van der Waals surface area contributed by atoms with Crippen molar-refractivity contribution >= 4 is 29.2 Å². The van der Waals surface area contributed by atoms with E-state index in [1.54, 1.807) is 37.2 Å². The minimum Gasteiger partial charge on any atom is -0.496 e.